The van der Waals surface area contributed by atoms with Crippen molar-refractivity contribution in [2.45, 2.75) is 37.3 Å². The molecule has 1 heterocycles. The minimum atomic E-state index is 0.793. The first-order valence-electron chi connectivity index (χ1n) is 6.25. The Morgan fingerprint density at radius 2 is 2.24 bits per heavy atom. The van der Waals surface area contributed by atoms with Crippen LogP contribution in [0.3, 0.4) is 0 Å². The first-order chi connectivity index (χ1) is 8.38. The minimum absolute atomic E-state index is 0.793. The Morgan fingerprint density at radius 1 is 1.41 bits per heavy atom. The molecule has 1 fully saturated rings. The van der Waals surface area contributed by atoms with E-state index in [0.717, 1.165) is 23.3 Å². The minimum Gasteiger partial charge on any atom is -0.291 e. The maximum atomic E-state index is 4.52. The van der Waals surface area contributed by atoms with E-state index in [-0.39, 0.29) is 0 Å². The number of aliphatic imine (C=N–C) groups is 1. The molecule has 0 atom stereocenters. The van der Waals surface area contributed by atoms with Crippen LogP contribution in [0.1, 0.15) is 37.8 Å². The van der Waals surface area contributed by atoms with Crippen LogP contribution in [0.25, 0.3) is 0 Å². The van der Waals surface area contributed by atoms with Crippen LogP contribution < -0.4 is 0 Å². The normalized spacial score (nSPS) is 17.7. The Hall–Kier alpha value is -0.900. The van der Waals surface area contributed by atoms with E-state index in [1.165, 1.54) is 32.1 Å². The second kappa shape index (κ2) is 6.74. The van der Waals surface area contributed by atoms with E-state index in [1.54, 1.807) is 18.0 Å². The quantitative estimate of drug-likeness (QED) is 0.467. The summed E-state index contributed by atoms with van der Waals surface area (Å²) in [6, 6.07) is 1.91. The van der Waals surface area contributed by atoms with E-state index in [2.05, 4.69) is 15.0 Å². The highest BCUT2D eigenvalue weighted by molar-refractivity contribution is 7.98. The van der Waals surface area contributed by atoms with Crippen molar-refractivity contribution in [3.63, 3.8) is 0 Å². The fourth-order valence-corrected chi connectivity index (χ4v) is 2.55. The summed E-state index contributed by atoms with van der Waals surface area (Å²) in [5.41, 5.74) is 0.917. The summed E-state index contributed by atoms with van der Waals surface area (Å²) < 4.78 is 0. The van der Waals surface area contributed by atoms with Gasteiger partial charge in [-0.15, -0.1) is 0 Å². The third kappa shape index (κ3) is 4.11. The average Bonchev–Trinajstić information content (AvgIpc) is 2.40. The molecule has 1 aliphatic carbocycles. The molecule has 2 rings (SSSR count). The van der Waals surface area contributed by atoms with Gasteiger partial charge in [-0.1, -0.05) is 31.0 Å². The van der Waals surface area contributed by atoms with Crippen LogP contribution in [-0.2, 0) is 0 Å². The Bertz CT molecular complexity index is 373. The van der Waals surface area contributed by atoms with E-state index in [9.17, 15) is 0 Å². The number of thioether (sulfide) groups is 1. The van der Waals surface area contributed by atoms with Gasteiger partial charge in [0.1, 0.15) is 0 Å². The molecule has 0 N–H and O–H groups in total. The molecular weight excluding hydrogens is 230 g/mol. The van der Waals surface area contributed by atoms with Crippen molar-refractivity contribution >= 4 is 18.0 Å². The maximum Gasteiger partial charge on any atom is 0.187 e. The van der Waals surface area contributed by atoms with Crippen LogP contribution in [0, 0.1) is 5.92 Å². The van der Waals surface area contributed by atoms with Gasteiger partial charge in [-0.05, 0) is 31.1 Å². The van der Waals surface area contributed by atoms with E-state index in [0.29, 0.717) is 0 Å². The van der Waals surface area contributed by atoms with E-state index < -0.39 is 0 Å². The second-order valence-corrected chi connectivity index (χ2v) is 5.24. The van der Waals surface area contributed by atoms with Crippen molar-refractivity contribution in [2.24, 2.45) is 10.9 Å². The first-order valence-corrected chi connectivity index (χ1v) is 7.48. The van der Waals surface area contributed by atoms with Crippen molar-refractivity contribution in [3.05, 3.63) is 18.0 Å². The summed E-state index contributed by atoms with van der Waals surface area (Å²) in [6.07, 6.45) is 12.5. The van der Waals surface area contributed by atoms with Crippen LogP contribution in [0.2, 0.25) is 0 Å². The van der Waals surface area contributed by atoms with Crippen LogP contribution in [0.4, 0.5) is 0 Å². The second-order valence-electron chi connectivity index (χ2n) is 4.47. The van der Waals surface area contributed by atoms with Crippen LogP contribution in [0.5, 0.6) is 0 Å². The van der Waals surface area contributed by atoms with E-state index >= 15 is 0 Å². The average molecular weight is 249 g/mol. The fraction of sp³-hybridized carbons (Fsp3) is 0.615. The first kappa shape index (κ1) is 12.6. The van der Waals surface area contributed by atoms with Crippen molar-refractivity contribution in [3.8, 4) is 0 Å². The molecule has 1 aromatic rings. The predicted molar refractivity (Wildman–Crippen MR) is 72.8 cm³/mol. The van der Waals surface area contributed by atoms with Gasteiger partial charge in [-0.25, -0.2) is 9.97 Å². The number of hydrogen-bond donors (Lipinski definition) is 0. The highest BCUT2D eigenvalue weighted by Crippen LogP contribution is 2.23. The smallest absolute Gasteiger partial charge is 0.187 e. The van der Waals surface area contributed by atoms with Gasteiger partial charge in [0.2, 0.25) is 0 Å². The highest BCUT2D eigenvalue weighted by atomic mass is 32.2. The molecule has 3 nitrogen and oxygen atoms in total. The molecule has 1 aliphatic rings. The summed E-state index contributed by atoms with van der Waals surface area (Å²) in [5.74, 6) is 0.793. The van der Waals surface area contributed by atoms with Gasteiger partial charge in [0.25, 0.3) is 0 Å². The summed E-state index contributed by atoms with van der Waals surface area (Å²) in [4.78, 5) is 13.0. The van der Waals surface area contributed by atoms with Crippen LogP contribution in [0.15, 0.2) is 22.4 Å². The van der Waals surface area contributed by atoms with E-state index in [4.69, 9.17) is 0 Å². The molecule has 4 heteroatoms. The molecule has 0 unspecified atom stereocenters. The molecule has 0 radical (unpaired) electrons. The lowest BCUT2D eigenvalue weighted by Crippen LogP contribution is -2.09. The highest BCUT2D eigenvalue weighted by Gasteiger charge is 2.11. The van der Waals surface area contributed by atoms with Crippen molar-refractivity contribution < 1.29 is 0 Å². The molecule has 17 heavy (non-hydrogen) atoms. The van der Waals surface area contributed by atoms with Gasteiger partial charge in [0.05, 0.1) is 5.69 Å². The zero-order valence-corrected chi connectivity index (χ0v) is 11.1. The molecule has 1 aromatic heterocycles. The molecule has 0 saturated heterocycles. The molecule has 0 aromatic carbocycles. The van der Waals surface area contributed by atoms with Crippen LogP contribution >= 0.6 is 11.8 Å². The predicted octanol–water partition coefficient (Wildman–Crippen LogP) is 3.20. The van der Waals surface area contributed by atoms with Gasteiger partial charge < -0.3 is 0 Å². The lowest BCUT2D eigenvalue weighted by Gasteiger charge is -2.19. The van der Waals surface area contributed by atoms with Crippen LogP contribution in [-0.4, -0.2) is 29.0 Å². The summed E-state index contributed by atoms with van der Waals surface area (Å²) in [7, 11) is 0. The fourth-order valence-electron chi connectivity index (χ4n) is 2.19. The summed E-state index contributed by atoms with van der Waals surface area (Å²) >= 11 is 1.56. The molecule has 92 valence electrons. The Labute approximate surface area is 107 Å². The summed E-state index contributed by atoms with van der Waals surface area (Å²) in [6.45, 7) is 0.957. The SMILES string of the molecule is CSc1nccc(C=NCC2CCCCC2)n1. The van der Waals surface area contributed by atoms with Gasteiger partial charge in [0.15, 0.2) is 5.16 Å². The topological polar surface area (TPSA) is 38.1 Å². The van der Waals surface area contributed by atoms with Gasteiger partial charge in [0, 0.05) is 19.0 Å². The Kier molecular flexibility index (Phi) is 4.98. The monoisotopic (exact) mass is 249 g/mol. The van der Waals surface area contributed by atoms with E-state index in [1.807, 2.05) is 18.5 Å². The third-order valence-electron chi connectivity index (χ3n) is 3.15. The van der Waals surface area contributed by atoms with Crippen molar-refractivity contribution in [1.82, 2.24) is 9.97 Å². The largest absolute Gasteiger partial charge is 0.291 e. The molecule has 1 saturated carbocycles. The maximum absolute atomic E-state index is 4.52. The van der Waals surface area contributed by atoms with Gasteiger partial charge in [-0.2, -0.15) is 0 Å². The molecule has 0 amide bonds. The number of rotatable bonds is 4. The lowest BCUT2D eigenvalue weighted by atomic mass is 9.89. The number of hydrogen-bond acceptors (Lipinski definition) is 4. The standard InChI is InChI=1S/C13H19N3S/c1-17-13-15-8-7-12(16-13)10-14-9-11-5-3-2-4-6-11/h7-8,10-11H,2-6,9H2,1H3. The zero-order valence-electron chi connectivity index (χ0n) is 10.3. The zero-order chi connectivity index (χ0) is 11.9. The van der Waals surface area contributed by atoms with Gasteiger partial charge >= 0.3 is 0 Å². The number of nitrogens with zero attached hydrogens (tertiary/aromatic N) is 3. The van der Waals surface area contributed by atoms with Crippen molar-refractivity contribution in [1.29, 1.82) is 0 Å². The van der Waals surface area contributed by atoms with Crippen molar-refractivity contribution in [2.75, 3.05) is 12.8 Å². The molecule has 0 aliphatic heterocycles. The van der Waals surface area contributed by atoms with Gasteiger partial charge in [-0.3, -0.25) is 4.99 Å². The lowest BCUT2D eigenvalue weighted by molar-refractivity contribution is 0.367. The molecular formula is C13H19N3S. The molecule has 0 bridgehead atoms. The Balaban J connectivity index is 1.86. The molecule has 0 spiro atoms. The Morgan fingerprint density at radius 3 is 3.00 bits per heavy atom. The summed E-state index contributed by atoms with van der Waals surface area (Å²) in [5, 5.41) is 0.812. The third-order valence-corrected chi connectivity index (χ3v) is 3.71. The number of aromatic nitrogens is 2.